The zero-order valence-electron chi connectivity index (χ0n) is 11.2. The van der Waals surface area contributed by atoms with Crippen LogP contribution in [0.25, 0.3) is 0 Å². The van der Waals surface area contributed by atoms with Crippen LogP contribution in [0.5, 0.6) is 0 Å². The molecule has 4 heteroatoms. The minimum absolute atomic E-state index is 0.110. The van der Waals surface area contributed by atoms with E-state index >= 15 is 0 Å². The van der Waals surface area contributed by atoms with Gasteiger partial charge in [0.1, 0.15) is 0 Å². The predicted molar refractivity (Wildman–Crippen MR) is 76.4 cm³/mol. The van der Waals surface area contributed by atoms with Gasteiger partial charge in [0, 0.05) is 18.3 Å². The summed E-state index contributed by atoms with van der Waals surface area (Å²) in [6.07, 6.45) is 4.10. The number of carbonyl (C=O) groups is 1. The molecule has 2 aliphatic heterocycles. The van der Waals surface area contributed by atoms with Crippen molar-refractivity contribution in [3.05, 3.63) is 29.3 Å². The number of anilines is 1. The molecule has 1 amide bonds. The van der Waals surface area contributed by atoms with Gasteiger partial charge in [-0.1, -0.05) is 12.1 Å². The van der Waals surface area contributed by atoms with Crippen molar-refractivity contribution >= 4 is 11.6 Å². The van der Waals surface area contributed by atoms with Gasteiger partial charge >= 0.3 is 0 Å². The van der Waals surface area contributed by atoms with Gasteiger partial charge in [0.25, 0.3) is 0 Å². The summed E-state index contributed by atoms with van der Waals surface area (Å²) in [6, 6.07) is 6.92. The van der Waals surface area contributed by atoms with Crippen LogP contribution in [0.4, 0.5) is 5.69 Å². The van der Waals surface area contributed by atoms with Crippen molar-refractivity contribution in [2.75, 3.05) is 25.0 Å². The number of rotatable bonds is 4. The Kier molecular flexibility index (Phi) is 3.80. The molecule has 0 radical (unpaired) electrons. The van der Waals surface area contributed by atoms with Crippen molar-refractivity contribution in [3.63, 3.8) is 0 Å². The highest BCUT2D eigenvalue weighted by atomic mass is 16.1. The van der Waals surface area contributed by atoms with E-state index in [1.165, 1.54) is 18.4 Å². The first-order chi connectivity index (χ1) is 9.31. The van der Waals surface area contributed by atoms with Crippen LogP contribution in [0.2, 0.25) is 0 Å². The molecule has 1 unspecified atom stereocenters. The zero-order chi connectivity index (χ0) is 13.1. The highest BCUT2D eigenvalue weighted by molar-refractivity contribution is 5.99. The molecule has 0 saturated carbocycles. The SMILES string of the molecule is O=C1Cc2cc(CCNC3CCCNC3)ccc2N1. The molecule has 1 aromatic carbocycles. The van der Waals surface area contributed by atoms with Crippen LogP contribution < -0.4 is 16.0 Å². The smallest absolute Gasteiger partial charge is 0.228 e. The van der Waals surface area contributed by atoms with Crippen LogP contribution in [0.3, 0.4) is 0 Å². The number of benzene rings is 1. The van der Waals surface area contributed by atoms with Crippen molar-refractivity contribution < 1.29 is 4.79 Å². The molecule has 2 aliphatic rings. The number of nitrogens with one attached hydrogen (secondary N) is 3. The maximum absolute atomic E-state index is 11.3. The van der Waals surface area contributed by atoms with Crippen molar-refractivity contribution in [2.45, 2.75) is 31.7 Å². The Balaban J connectivity index is 1.50. The number of carbonyl (C=O) groups excluding carboxylic acids is 1. The highest BCUT2D eigenvalue weighted by Gasteiger charge is 2.17. The minimum Gasteiger partial charge on any atom is -0.326 e. The van der Waals surface area contributed by atoms with Crippen LogP contribution in [0, 0.1) is 0 Å². The number of hydrogen-bond donors (Lipinski definition) is 3. The van der Waals surface area contributed by atoms with E-state index in [2.05, 4.69) is 28.1 Å². The summed E-state index contributed by atoms with van der Waals surface area (Å²) in [6.45, 7) is 3.25. The van der Waals surface area contributed by atoms with Crippen LogP contribution in [-0.2, 0) is 17.6 Å². The minimum atomic E-state index is 0.110. The summed E-state index contributed by atoms with van der Waals surface area (Å²) >= 11 is 0. The van der Waals surface area contributed by atoms with E-state index in [0.717, 1.165) is 37.3 Å². The van der Waals surface area contributed by atoms with Crippen LogP contribution >= 0.6 is 0 Å². The van der Waals surface area contributed by atoms with Gasteiger partial charge in [0.15, 0.2) is 0 Å². The maximum atomic E-state index is 11.3. The van der Waals surface area contributed by atoms with Crippen LogP contribution in [0.15, 0.2) is 18.2 Å². The van der Waals surface area contributed by atoms with Gasteiger partial charge in [-0.2, -0.15) is 0 Å². The second-order valence-electron chi connectivity index (χ2n) is 5.46. The fourth-order valence-electron chi connectivity index (χ4n) is 2.88. The molecule has 3 N–H and O–H groups in total. The van der Waals surface area contributed by atoms with E-state index in [1.807, 2.05) is 6.07 Å². The second-order valence-corrected chi connectivity index (χ2v) is 5.46. The summed E-state index contributed by atoms with van der Waals surface area (Å²) in [5.41, 5.74) is 3.44. The van der Waals surface area contributed by atoms with E-state index in [4.69, 9.17) is 0 Å². The fraction of sp³-hybridized carbons (Fsp3) is 0.533. The van der Waals surface area contributed by atoms with Gasteiger partial charge in [-0.15, -0.1) is 0 Å². The van der Waals surface area contributed by atoms with Crippen molar-refractivity contribution in [3.8, 4) is 0 Å². The average Bonchev–Trinajstić information content (AvgIpc) is 2.79. The number of hydrogen-bond acceptors (Lipinski definition) is 3. The van der Waals surface area contributed by atoms with Crippen molar-refractivity contribution in [2.24, 2.45) is 0 Å². The molecule has 0 bridgehead atoms. The Morgan fingerprint density at radius 2 is 2.32 bits per heavy atom. The molecule has 1 saturated heterocycles. The Morgan fingerprint density at radius 1 is 1.37 bits per heavy atom. The fourth-order valence-corrected chi connectivity index (χ4v) is 2.88. The van der Waals surface area contributed by atoms with Gasteiger partial charge in [-0.3, -0.25) is 4.79 Å². The Morgan fingerprint density at radius 3 is 3.16 bits per heavy atom. The van der Waals surface area contributed by atoms with E-state index in [1.54, 1.807) is 0 Å². The molecule has 1 fully saturated rings. The van der Waals surface area contributed by atoms with Gasteiger partial charge in [-0.25, -0.2) is 0 Å². The van der Waals surface area contributed by atoms with Crippen molar-refractivity contribution in [1.82, 2.24) is 10.6 Å². The Bertz CT molecular complexity index is 466. The molecular weight excluding hydrogens is 238 g/mol. The summed E-state index contributed by atoms with van der Waals surface area (Å²) in [4.78, 5) is 11.3. The third-order valence-electron chi connectivity index (χ3n) is 3.94. The monoisotopic (exact) mass is 259 g/mol. The Labute approximate surface area is 114 Å². The normalized spacial score (nSPS) is 22.1. The quantitative estimate of drug-likeness (QED) is 0.758. The molecule has 0 aromatic heterocycles. The molecule has 4 nitrogen and oxygen atoms in total. The van der Waals surface area contributed by atoms with Gasteiger partial charge in [0.2, 0.25) is 5.91 Å². The standard InChI is InChI=1S/C15H21N3O/c19-15-9-12-8-11(3-4-14(12)18-15)5-7-17-13-2-1-6-16-10-13/h3-4,8,13,16-17H,1-2,5-7,9-10H2,(H,18,19). The molecule has 1 atom stereocenters. The van der Waals surface area contributed by atoms with Gasteiger partial charge in [0.05, 0.1) is 6.42 Å². The van der Waals surface area contributed by atoms with Crippen LogP contribution in [0.1, 0.15) is 24.0 Å². The third kappa shape index (κ3) is 3.14. The van der Waals surface area contributed by atoms with E-state index in [-0.39, 0.29) is 5.91 Å². The van der Waals surface area contributed by atoms with Crippen molar-refractivity contribution in [1.29, 1.82) is 0 Å². The summed E-state index contributed by atoms with van der Waals surface area (Å²) < 4.78 is 0. The zero-order valence-corrected chi connectivity index (χ0v) is 11.2. The Hall–Kier alpha value is -1.39. The molecule has 102 valence electrons. The first kappa shape index (κ1) is 12.6. The summed E-state index contributed by atoms with van der Waals surface area (Å²) in [5, 5.41) is 9.89. The van der Waals surface area contributed by atoms with E-state index in [0.29, 0.717) is 12.5 Å². The molecule has 19 heavy (non-hydrogen) atoms. The lowest BCUT2D eigenvalue weighted by Gasteiger charge is -2.23. The van der Waals surface area contributed by atoms with Gasteiger partial charge < -0.3 is 16.0 Å². The molecule has 0 aliphatic carbocycles. The lowest BCUT2D eigenvalue weighted by Crippen LogP contribution is -2.43. The highest BCUT2D eigenvalue weighted by Crippen LogP contribution is 2.23. The largest absolute Gasteiger partial charge is 0.326 e. The number of piperidine rings is 1. The average molecular weight is 259 g/mol. The molecule has 3 rings (SSSR count). The first-order valence-electron chi connectivity index (χ1n) is 7.17. The third-order valence-corrected chi connectivity index (χ3v) is 3.94. The van der Waals surface area contributed by atoms with E-state index < -0.39 is 0 Å². The molecule has 1 aromatic rings. The lowest BCUT2D eigenvalue weighted by molar-refractivity contribution is -0.115. The first-order valence-corrected chi connectivity index (χ1v) is 7.17. The van der Waals surface area contributed by atoms with Crippen LogP contribution in [-0.4, -0.2) is 31.6 Å². The van der Waals surface area contributed by atoms with Gasteiger partial charge in [-0.05, 0) is 49.5 Å². The topological polar surface area (TPSA) is 53.2 Å². The lowest BCUT2D eigenvalue weighted by atomic mass is 10.0. The molecular formula is C15H21N3O. The molecule has 0 spiro atoms. The predicted octanol–water partition coefficient (Wildman–Crippen LogP) is 1.07. The summed E-state index contributed by atoms with van der Waals surface area (Å²) in [5.74, 6) is 0.110. The molecule has 2 heterocycles. The number of fused-ring (bicyclic) bond motifs is 1. The van der Waals surface area contributed by atoms with E-state index in [9.17, 15) is 4.79 Å². The summed E-state index contributed by atoms with van der Waals surface area (Å²) in [7, 11) is 0. The maximum Gasteiger partial charge on any atom is 0.228 e. The number of amides is 1. The second kappa shape index (κ2) is 5.72.